The fraction of sp³-hybridized carbons (Fsp3) is 0.455. The minimum absolute atomic E-state index is 0.339. The standard InChI is InChI=1S/C11H15NO4S/c1-7-8(3-5-16-7)10(13)12-9(11(14)15)4-6-17-2/h3,5,9H,4,6H2,1-2H3,(H,12,13)(H,14,15)/p-1/t9-/m1/s1. The maximum absolute atomic E-state index is 11.7. The van der Waals surface area contributed by atoms with E-state index in [1.165, 1.54) is 24.1 Å². The lowest BCUT2D eigenvalue weighted by molar-refractivity contribution is -0.308. The molecule has 0 saturated heterocycles. The van der Waals surface area contributed by atoms with Crippen molar-refractivity contribution in [3.63, 3.8) is 0 Å². The third kappa shape index (κ3) is 3.81. The van der Waals surface area contributed by atoms with Gasteiger partial charge in [0.1, 0.15) is 5.76 Å². The molecule has 1 atom stereocenters. The van der Waals surface area contributed by atoms with Crippen molar-refractivity contribution in [2.45, 2.75) is 19.4 Å². The van der Waals surface area contributed by atoms with Gasteiger partial charge in [-0.2, -0.15) is 11.8 Å². The van der Waals surface area contributed by atoms with E-state index in [0.29, 0.717) is 23.5 Å². The molecule has 1 amide bonds. The Balaban J connectivity index is 2.64. The molecular formula is C11H14NO4S-. The number of carboxylic acids is 1. The lowest BCUT2D eigenvalue weighted by atomic mass is 10.2. The zero-order chi connectivity index (χ0) is 12.8. The van der Waals surface area contributed by atoms with Gasteiger partial charge in [0.2, 0.25) is 0 Å². The average Bonchev–Trinajstić information content (AvgIpc) is 2.70. The van der Waals surface area contributed by atoms with Crippen LogP contribution in [0.2, 0.25) is 0 Å². The first kappa shape index (κ1) is 13.6. The molecule has 1 N–H and O–H groups in total. The van der Waals surface area contributed by atoms with Crippen LogP contribution in [0.3, 0.4) is 0 Å². The quantitative estimate of drug-likeness (QED) is 0.785. The number of furan rings is 1. The van der Waals surface area contributed by atoms with Crippen LogP contribution in [-0.4, -0.2) is 29.9 Å². The molecule has 1 rings (SSSR count). The molecule has 1 aromatic heterocycles. The Morgan fingerprint density at radius 1 is 1.59 bits per heavy atom. The molecule has 0 spiro atoms. The maximum Gasteiger partial charge on any atom is 0.255 e. The summed E-state index contributed by atoms with van der Waals surface area (Å²) in [5.41, 5.74) is 0.348. The fourth-order valence-electron chi connectivity index (χ4n) is 1.34. The highest BCUT2D eigenvalue weighted by atomic mass is 32.2. The minimum Gasteiger partial charge on any atom is -0.548 e. The zero-order valence-corrected chi connectivity index (χ0v) is 10.5. The Morgan fingerprint density at radius 2 is 2.29 bits per heavy atom. The summed E-state index contributed by atoms with van der Waals surface area (Å²) in [7, 11) is 0. The summed E-state index contributed by atoms with van der Waals surface area (Å²) in [6.07, 6.45) is 3.60. The van der Waals surface area contributed by atoms with E-state index < -0.39 is 17.9 Å². The Labute approximate surface area is 104 Å². The van der Waals surface area contributed by atoms with Crippen LogP contribution in [-0.2, 0) is 4.79 Å². The number of amides is 1. The molecule has 0 aromatic carbocycles. The van der Waals surface area contributed by atoms with Crippen LogP contribution in [0.4, 0.5) is 0 Å². The van der Waals surface area contributed by atoms with Crippen LogP contribution in [0.5, 0.6) is 0 Å². The Bertz CT molecular complexity index is 402. The van der Waals surface area contributed by atoms with E-state index in [-0.39, 0.29) is 0 Å². The summed E-state index contributed by atoms with van der Waals surface area (Å²) in [4.78, 5) is 22.6. The van der Waals surface area contributed by atoms with E-state index in [1.807, 2.05) is 6.26 Å². The predicted molar refractivity (Wildman–Crippen MR) is 62.7 cm³/mol. The third-order valence-corrected chi connectivity index (χ3v) is 2.95. The highest BCUT2D eigenvalue weighted by molar-refractivity contribution is 7.98. The second-order valence-corrected chi connectivity index (χ2v) is 4.50. The van der Waals surface area contributed by atoms with E-state index in [1.54, 1.807) is 6.92 Å². The number of hydrogen-bond acceptors (Lipinski definition) is 5. The topological polar surface area (TPSA) is 82.4 Å². The molecule has 5 nitrogen and oxygen atoms in total. The van der Waals surface area contributed by atoms with Crippen LogP contribution in [0.15, 0.2) is 16.7 Å². The van der Waals surface area contributed by atoms with Gasteiger partial charge in [-0.3, -0.25) is 4.79 Å². The van der Waals surface area contributed by atoms with Crippen molar-refractivity contribution in [3.05, 3.63) is 23.7 Å². The second kappa shape index (κ2) is 6.34. The van der Waals surface area contributed by atoms with Crippen molar-refractivity contribution in [2.75, 3.05) is 12.0 Å². The Hall–Kier alpha value is -1.43. The molecule has 0 unspecified atom stereocenters. The SMILES string of the molecule is CSCC[C@@H](NC(=O)c1ccoc1C)C(=O)[O-]. The fourth-order valence-corrected chi connectivity index (χ4v) is 1.81. The molecule has 0 fully saturated rings. The van der Waals surface area contributed by atoms with E-state index >= 15 is 0 Å². The van der Waals surface area contributed by atoms with Gasteiger partial charge in [0.05, 0.1) is 23.8 Å². The van der Waals surface area contributed by atoms with Crippen molar-refractivity contribution in [1.82, 2.24) is 5.32 Å². The van der Waals surface area contributed by atoms with Gasteiger partial charge < -0.3 is 19.6 Å². The number of nitrogens with one attached hydrogen (secondary N) is 1. The van der Waals surface area contributed by atoms with Gasteiger partial charge in [-0.1, -0.05) is 0 Å². The van der Waals surface area contributed by atoms with Crippen molar-refractivity contribution in [1.29, 1.82) is 0 Å². The molecule has 1 aromatic rings. The first-order chi connectivity index (χ1) is 8.06. The largest absolute Gasteiger partial charge is 0.548 e. The van der Waals surface area contributed by atoms with Gasteiger partial charge in [-0.15, -0.1) is 0 Å². The van der Waals surface area contributed by atoms with Crippen LogP contribution >= 0.6 is 11.8 Å². The molecule has 0 saturated carbocycles. The van der Waals surface area contributed by atoms with Crippen LogP contribution < -0.4 is 10.4 Å². The smallest absolute Gasteiger partial charge is 0.255 e. The van der Waals surface area contributed by atoms with Crippen molar-refractivity contribution < 1.29 is 19.1 Å². The highest BCUT2D eigenvalue weighted by Gasteiger charge is 2.17. The first-order valence-electron chi connectivity index (χ1n) is 5.11. The van der Waals surface area contributed by atoms with Crippen LogP contribution in [0, 0.1) is 6.92 Å². The molecule has 1 heterocycles. The van der Waals surface area contributed by atoms with Gasteiger partial charge in [0.25, 0.3) is 5.91 Å². The number of thioether (sulfide) groups is 1. The van der Waals surface area contributed by atoms with Crippen molar-refractivity contribution in [3.8, 4) is 0 Å². The molecule has 0 bridgehead atoms. The Kier molecular flexibility index (Phi) is 5.09. The lowest BCUT2D eigenvalue weighted by Gasteiger charge is -2.18. The molecule has 17 heavy (non-hydrogen) atoms. The Morgan fingerprint density at radius 3 is 2.76 bits per heavy atom. The van der Waals surface area contributed by atoms with Crippen molar-refractivity contribution in [2.24, 2.45) is 0 Å². The second-order valence-electron chi connectivity index (χ2n) is 3.52. The number of carboxylic acid groups (broad SMARTS) is 1. The first-order valence-corrected chi connectivity index (χ1v) is 6.50. The summed E-state index contributed by atoms with van der Waals surface area (Å²) in [6.45, 7) is 1.64. The van der Waals surface area contributed by atoms with Gasteiger partial charge in [0.15, 0.2) is 0 Å². The maximum atomic E-state index is 11.7. The summed E-state index contributed by atoms with van der Waals surface area (Å²) in [5.74, 6) is -0.618. The van der Waals surface area contributed by atoms with Crippen LogP contribution in [0.25, 0.3) is 0 Å². The van der Waals surface area contributed by atoms with Crippen molar-refractivity contribution >= 4 is 23.6 Å². The number of aliphatic carboxylic acids is 1. The number of rotatable bonds is 6. The van der Waals surface area contributed by atoms with Gasteiger partial charge in [-0.25, -0.2) is 0 Å². The van der Waals surface area contributed by atoms with Gasteiger partial charge in [0, 0.05) is 0 Å². The van der Waals surface area contributed by atoms with Gasteiger partial charge in [-0.05, 0) is 31.4 Å². The molecular weight excluding hydrogens is 242 g/mol. The zero-order valence-electron chi connectivity index (χ0n) is 9.69. The number of carbonyl (C=O) groups excluding carboxylic acids is 2. The normalized spacial score (nSPS) is 12.1. The summed E-state index contributed by atoms with van der Waals surface area (Å²) >= 11 is 1.51. The van der Waals surface area contributed by atoms with Gasteiger partial charge >= 0.3 is 0 Å². The van der Waals surface area contributed by atoms with E-state index in [2.05, 4.69) is 5.32 Å². The number of hydrogen-bond donors (Lipinski definition) is 1. The third-order valence-electron chi connectivity index (χ3n) is 2.30. The molecule has 0 aliphatic heterocycles. The molecule has 0 radical (unpaired) electrons. The summed E-state index contributed by atoms with van der Waals surface area (Å²) in [5, 5.41) is 13.3. The summed E-state index contributed by atoms with van der Waals surface area (Å²) < 4.78 is 4.98. The average molecular weight is 256 g/mol. The number of aryl methyl sites for hydroxylation is 1. The predicted octanol–water partition coefficient (Wildman–Crippen LogP) is 0.189. The highest BCUT2D eigenvalue weighted by Crippen LogP contribution is 2.09. The lowest BCUT2D eigenvalue weighted by Crippen LogP contribution is -2.48. The van der Waals surface area contributed by atoms with E-state index in [0.717, 1.165) is 0 Å². The monoisotopic (exact) mass is 256 g/mol. The number of carbonyl (C=O) groups is 2. The summed E-state index contributed by atoms with van der Waals surface area (Å²) in [6, 6.07) is 0.537. The van der Waals surface area contributed by atoms with Crippen LogP contribution in [0.1, 0.15) is 22.5 Å². The molecule has 0 aliphatic rings. The molecule has 0 aliphatic carbocycles. The van der Waals surface area contributed by atoms with E-state index in [9.17, 15) is 14.7 Å². The molecule has 6 heteroatoms. The molecule has 94 valence electrons. The minimum atomic E-state index is -1.27. The van der Waals surface area contributed by atoms with E-state index in [4.69, 9.17) is 4.42 Å².